The number of ether oxygens (including phenoxy) is 1. The van der Waals surface area contributed by atoms with Crippen LogP contribution in [0.15, 0.2) is 11.6 Å². The average molecular weight is 367 g/mol. The molecule has 0 bridgehead atoms. The molecule has 5 saturated carbocycles. The number of esters is 1. The van der Waals surface area contributed by atoms with Gasteiger partial charge in [0.1, 0.15) is 5.60 Å². The lowest BCUT2D eigenvalue weighted by Crippen LogP contribution is -2.57. The molecule has 7 rings (SSSR count). The van der Waals surface area contributed by atoms with Gasteiger partial charge in [0.2, 0.25) is 0 Å². The van der Waals surface area contributed by atoms with Gasteiger partial charge >= 0.3 is 5.97 Å². The molecule has 3 heteroatoms. The van der Waals surface area contributed by atoms with E-state index in [1.165, 1.54) is 31.3 Å². The van der Waals surface area contributed by atoms with Gasteiger partial charge in [-0.2, -0.15) is 0 Å². The maximum Gasteiger partial charge on any atom is 0.306 e. The normalized spacial score (nSPS) is 62.0. The van der Waals surface area contributed by atoms with E-state index < -0.39 is 0 Å². The summed E-state index contributed by atoms with van der Waals surface area (Å²) in [5.74, 6) is 5.65. The Bertz CT molecular complexity index is 827. The Balaban J connectivity index is 1.33. The molecule has 7 aliphatic rings. The van der Waals surface area contributed by atoms with Gasteiger partial charge in [-0.15, -0.1) is 0 Å². The maximum absolute atomic E-state index is 12.2. The molecule has 0 radical (unpaired) electrons. The van der Waals surface area contributed by atoms with Crippen LogP contribution in [0.25, 0.3) is 0 Å². The van der Waals surface area contributed by atoms with Crippen LogP contribution in [0.5, 0.6) is 0 Å². The third kappa shape index (κ3) is 1.58. The van der Waals surface area contributed by atoms with Crippen LogP contribution in [0, 0.1) is 52.3 Å². The van der Waals surface area contributed by atoms with E-state index in [0.717, 1.165) is 48.9 Å². The van der Waals surface area contributed by atoms with Crippen molar-refractivity contribution in [3.63, 3.8) is 0 Å². The smallest absolute Gasteiger partial charge is 0.306 e. The molecule has 4 unspecified atom stereocenters. The predicted octanol–water partition coefficient (Wildman–Crippen LogP) is 4.31. The number of fused-ring (bicyclic) bond motifs is 12. The molecule has 6 fully saturated rings. The molecule has 1 aliphatic heterocycles. The molecule has 1 saturated heterocycles. The Labute approximate surface area is 161 Å². The van der Waals surface area contributed by atoms with Gasteiger partial charge in [-0.1, -0.05) is 19.4 Å². The van der Waals surface area contributed by atoms with Gasteiger partial charge in [0.05, 0.1) is 0 Å². The molecule has 0 amide bonds. The molecular weight excluding hydrogens is 336 g/mol. The Hall–Kier alpha value is -1.12. The van der Waals surface area contributed by atoms with Crippen molar-refractivity contribution in [3.05, 3.63) is 11.6 Å². The molecule has 27 heavy (non-hydrogen) atoms. The molecule has 0 N–H and O–H groups in total. The molecule has 1 spiro atoms. The van der Waals surface area contributed by atoms with E-state index in [1.54, 1.807) is 0 Å². The molecule has 3 nitrogen and oxygen atoms in total. The van der Waals surface area contributed by atoms with Crippen LogP contribution in [0.4, 0.5) is 0 Å². The minimum atomic E-state index is -0.131. The van der Waals surface area contributed by atoms with Crippen molar-refractivity contribution in [2.24, 2.45) is 52.3 Å². The second-order valence-corrected chi connectivity index (χ2v) is 11.5. The van der Waals surface area contributed by atoms with Crippen molar-refractivity contribution in [2.75, 3.05) is 0 Å². The fourth-order valence-corrected chi connectivity index (χ4v) is 9.74. The van der Waals surface area contributed by atoms with Crippen molar-refractivity contribution < 1.29 is 14.3 Å². The van der Waals surface area contributed by atoms with Gasteiger partial charge in [-0.25, -0.2) is 0 Å². The van der Waals surface area contributed by atoms with Crippen LogP contribution >= 0.6 is 0 Å². The zero-order valence-electron chi connectivity index (χ0n) is 16.5. The Kier molecular flexibility index (Phi) is 2.56. The number of carbonyl (C=O) groups excluding carboxylic acids is 2. The quantitative estimate of drug-likeness (QED) is 0.600. The number of rotatable bonds is 0. The summed E-state index contributed by atoms with van der Waals surface area (Å²) >= 11 is 0. The highest BCUT2D eigenvalue weighted by molar-refractivity contribution is 5.92. The molecule has 0 aromatic carbocycles. The minimum Gasteiger partial charge on any atom is -0.458 e. The Morgan fingerprint density at radius 2 is 1.85 bits per heavy atom. The summed E-state index contributed by atoms with van der Waals surface area (Å²) in [4.78, 5) is 24.3. The summed E-state index contributed by atoms with van der Waals surface area (Å²) in [6, 6.07) is 0. The fourth-order valence-electron chi connectivity index (χ4n) is 9.74. The average Bonchev–Trinajstić information content (AvgIpc) is 3.53. The van der Waals surface area contributed by atoms with E-state index in [2.05, 4.69) is 19.9 Å². The van der Waals surface area contributed by atoms with Crippen molar-refractivity contribution in [1.29, 1.82) is 0 Å². The number of hydrogen-bond acceptors (Lipinski definition) is 3. The maximum atomic E-state index is 12.2. The summed E-state index contributed by atoms with van der Waals surface area (Å²) in [6.45, 7) is 4.99. The molecule has 6 aliphatic carbocycles. The topological polar surface area (TPSA) is 43.4 Å². The first-order valence-corrected chi connectivity index (χ1v) is 11.4. The highest BCUT2D eigenvalue weighted by Gasteiger charge is 2.81. The third-order valence-corrected chi connectivity index (χ3v) is 10.9. The SMILES string of the molecule is C[C@]12CCC(=O)C=C1[C@@H]1CC1C1C2CC[C@@]2(C)C1[C@@H]1C[C@@H]1[C@@]21CCC(=O)O1. The minimum absolute atomic E-state index is 0.0561. The number of allylic oxidation sites excluding steroid dienone is 1. The lowest BCUT2D eigenvalue weighted by atomic mass is 9.45. The molecule has 1 heterocycles. The molecular formula is C24H30O3. The summed E-state index contributed by atoms with van der Waals surface area (Å²) in [6.07, 6.45) is 10.6. The lowest BCUT2D eigenvalue weighted by molar-refractivity contribution is -0.177. The van der Waals surface area contributed by atoms with Crippen molar-refractivity contribution >= 4 is 11.8 Å². The van der Waals surface area contributed by atoms with E-state index in [0.29, 0.717) is 24.0 Å². The number of ketones is 1. The van der Waals surface area contributed by atoms with Gasteiger partial charge in [0.25, 0.3) is 0 Å². The summed E-state index contributed by atoms with van der Waals surface area (Å²) in [5.41, 5.74) is 1.85. The molecule has 0 aromatic heterocycles. The number of carbonyl (C=O) groups is 2. The molecule has 10 atom stereocenters. The Morgan fingerprint density at radius 1 is 1.00 bits per heavy atom. The summed E-state index contributed by atoms with van der Waals surface area (Å²) in [5, 5.41) is 0. The van der Waals surface area contributed by atoms with Crippen LogP contribution in [-0.4, -0.2) is 17.4 Å². The van der Waals surface area contributed by atoms with Gasteiger partial charge in [0.15, 0.2) is 5.78 Å². The van der Waals surface area contributed by atoms with E-state index in [-0.39, 0.29) is 22.4 Å². The van der Waals surface area contributed by atoms with Gasteiger partial charge < -0.3 is 4.74 Å². The van der Waals surface area contributed by atoms with Gasteiger partial charge in [0, 0.05) is 24.2 Å². The van der Waals surface area contributed by atoms with E-state index in [1.807, 2.05) is 0 Å². The van der Waals surface area contributed by atoms with Crippen molar-refractivity contribution in [1.82, 2.24) is 0 Å². The van der Waals surface area contributed by atoms with E-state index in [4.69, 9.17) is 4.74 Å². The van der Waals surface area contributed by atoms with Crippen LogP contribution in [0.1, 0.15) is 65.2 Å². The monoisotopic (exact) mass is 366 g/mol. The fraction of sp³-hybridized carbons (Fsp3) is 0.833. The van der Waals surface area contributed by atoms with Crippen LogP contribution in [0.2, 0.25) is 0 Å². The first-order valence-electron chi connectivity index (χ1n) is 11.4. The predicted molar refractivity (Wildman–Crippen MR) is 99.5 cm³/mol. The lowest BCUT2D eigenvalue weighted by Gasteiger charge is -2.60. The second kappa shape index (κ2) is 4.39. The highest BCUT2D eigenvalue weighted by atomic mass is 16.6. The summed E-state index contributed by atoms with van der Waals surface area (Å²) in [7, 11) is 0. The largest absolute Gasteiger partial charge is 0.458 e. The van der Waals surface area contributed by atoms with Crippen molar-refractivity contribution in [3.8, 4) is 0 Å². The zero-order chi connectivity index (χ0) is 18.3. The highest BCUT2D eigenvalue weighted by Crippen LogP contribution is 2.82. The summed E-state index contributed by atoms with van der Waals surface area (Å²) < 4.78 is 6.22. The third-order valence-electron chi connectivity index (χ3n) is 10.9. The number of hydrogen-bond donors (Lipinski definition) is 0. The van der Waals surface area contributed by atoms with Gasteiger partial charge in [-0.05, 0) is 85.5 Å². The standard InChI is InChI=1S/C24H30O3/c1-22-6-3-12(25)9-17(22)13-10-14(13)20-16(22)4-7-23(2)21(20)15-11-18(15)24(23)8-5-19(26)27-24/h9,13-16,18,20-21H,3-8,10-11H2,1-2H3/t13-,14?,15-,16?,18+,20?,21?,22-,23+,24+/m1/s1. The van der Waals surface area contributed by atoms with Crippen LogP contribution in [-0.2, 0) is 14.3 Å². The zero-order valence-corrected chi connectivity index (χ0v) is 16.5. The van der Waals surface area contributed by atoms with Gasteiger partial charge in [-0.3, -0.25) is 9.59 Å². The Morgan fingerprint density at radius 3 is 2.63 bits per heavy atom. The molecule has 144 valence electrons. The van der Waals surface area contributed by atoms with Crippen LogP contribution < -0.4 is 0 Å². The van der Waals surface area contributed by atoms with Crippen LogP contribution in [0.3, 0.4) is 0 Å². The first kappa shape index (κ1) is 15.8. The van der Waals surface area contributed by atoms with E-state index >= 15 is 0 Å². The van der Waals surface area contributed by atoms with Crippen molar-refractivity contribution in [2.45, 2.75) is 70.8 Å². The van der Waals surface area contributed by atoms with E-state index in [9.17, 15) is 9.59 Å². The second-order valence-electron chi connectivity index (χ2n) is 11.5. The molecule has 0 aromatic rings. The first-order chi connectivity index (χ1) is 12.9.